The average Bonchev–Trinajstić information content (AvgIpc) is 3.13. The van der Waals surface area contributed by atoms with Crippen LogP contribution in [0, 0.1) is 0 Å². The fourth-order valence-corrected chi connectivity index (χ4v) is 2.90. The van der Waals surface area contributed by atoms with Crippen molar-refractivity contribution < 1.29 is 14.3 Å². The maximum absolute atomic E-state index is 12.3. The summed E-state index contributed by atoms with van der Waals surface area (Å²) in [6, 6.07) is 3.66. The van der Waals surface area contributed by atoms with Crippen molar-refractivity contribution in [1.82, 2.24) is 9.13 Å². The summed E-state index contributed by atoms with van der Waals surface area (Å²) in [5, 5.41) is 1.86. The van der Waals surface area contributed by atoms with E-state index in [0.717, 1.165) is 14.0 Å². The van der Waals surface area contributed by atoms with Gasteiger partial charge in [0.25, 0.3) is 5.56 Å². The van der Waals surface area contributed by atoms with Crippen molar-refractivity contribution in [2.45, 2.75) is 19.9 Å². The van der Waals surface area contributed by atoms with Crippen LogP contribution in [0.3, 0.4) is 0 Å². The molecule has 2 rings (SSSR count). The first-order valence-electron chi connectivity index (χ1n) is 7.87. The SMILES string of the molecule is CCCn1c(N)c(C(=O)COC(=O)/C=C/c2cccs2)c(=O)n(C)c1=O. The highest BCUT2D eigenvalue weighted by atomic mass is 32.1. The van der Waals surface area contributed by atoms with Crippen LogP contribution in [0.25, 0.3) is 6.08 Å². The Morgan fingerprint density at radius 1 is 1.35 bits per heavy atom. The van der Waals surface area contributed by atoms with Gasteiger partial charge in [0, 0.05) is 24.5 Å². The maximum Gasteiger partial charge on any atom is 0.332 e. The molecule has 0 aliphatic carbocycles. The van der Waals surface area contributed by atoms with Gasteiger partial charge in [-0.05, 0) is 23.9 Å². The lowest BCUT2D eigenvalue weighted by molar-refractivity contribution is -0.136. The van der Waals surface area contributed by atoms with Gasteiger partial charge in [-0.3, -0.25) is 18.7 Å². The van der Waals surface area contributed by atoms with Crippen LogP contribution in [0.1, 0.15) is 28.6 Å². The normalized spacial score (nSPS) is 11.0. The molecule has 8 nitrogen and oxygen atoms in total. The quantitative estimate of drug-likeness (QED) is 0.438. The van der Waals surface area contributed by atoms with Crippen molar-refractivity contribution in [3.05, 3.63) is 54.9 Å². The molecule has 0 bridgehead atoms. The van der Waals surface area contributed by atoms with Crippen LogP contribution in [0.5, 0.6) is 0 Å². The number of thiophene rings is 1. The summed E-state index contributed by atoms with van der Waals surface area (Å²) in [5.41, 5.74) is 4.09. The van der Waals surface area contributed by atoms with Gasteiger partial charge in [0.05, 0.1) is 0 Å². The molecular weight excluding hydrogens is 358 g/mol. The smallest absolute Gasteiger partial charge is 0.332 e. The topological polar surface area (TPSA) is 113 Å². The monoisotopic (exact) mass is 377 g/mol. The zero-order chi connectivity index (χ0) is 19.3. The number of nitrogens with two attached hydrogens (primary N) is 1. The molecule has 9 heteroatoms. The third-order valence-corrected chi connectivity index (χ3v) is 4.42. The van der Waals surface area contributed by atoms with E-state index >= 15 is 0 Å². The summed E-state index contributed by atoms with van der Waals surface area (Å²) in [6.45, 7) is 1.46. The van der Waals surface area contributed by atoms with E-state index in [0.29, 0.717) is 6.42 Å². The lowest BCUT2D eigenvalue weighted by Crippen LogP contribution is -2.43. The molecule has 0 aliphatic rings. The molecule has 0 spiro atoms. The minimum absolute atomic E-state index is 0.213. The van der Waals surface area contributed by atoms with Gasteiger partial charge in [-0.25, -0.2) is 9.59 Å². The van der Waals surface area contributed by atoms with Crippen LogP contribution in [0.4, 0.5) is 5.82 Å². The van der Waals surface area contributed by atoms with E-state index < -0.39 is 29.6 Å². The van der Waals surface area contributed by atoms with Crippen LogP contribution < -0.4 is 17.0 Å². The molecule has 0 radical (unpaired) electrons. The van der Waals surface area contributed by atoms with Gasteiger partial charge in [-0.1, -0.05) is 13.0 Å². The average molecular weight is 377 g/mol. The van der Waals surface area contributed by atoms with E-state index in [2.05, 4.69) is 0 Å². The number of ether oxygens (including phenoxy) is 1. The summed E-state index contributed by atoms with van der Waals surface area (Å²) in [6.07, 6.45) is 3.35. The Hall–Kier alpha value is -2.94. The Kier molecular flexibility index (Phi) is 6.29. The first kappa shape index (κ1) is 19.4. The summed E-state index contributed by atoms with van der Waals surface area (Å²) >= 11 is 1.44. The van der Waals surface area contributed by atoms with E-state index in [9.17, 15) is 19.2 Å². The summed E-state index contributed by atoms with van der Waals surface area (Å²) in [4.78, 5) is 49.2. The number of nitrogen functional groups attached to an aromatic ring is 1. The molecule has 0 aliphatic heterocycles. The van der Waals surface area contributed by atoms with Crippen LogP contribution in [0.15, 0.2) is 33.2 Å². The van der Waals surface area contributed by atoms with E-state index in [1.807, 2.05) is 24.4 Å². The maximum atomic E-state index is 12.3. The van der Waals surface area contributed by atoms with Crippen LogP contribution in [-0.2, 0) is 23.1 Å². The third-order valence-electron chi connectivity index (χ3n) is 3.58. The number of hydrogen-bond donors (Lipinski definition) is 1. The number of anilines is 1. The van der Waals surface area contributed by atoms with Gasteiger partial charge in [0.15, 0.2) is 6.61 Å². The van der Waals surface area contributed by atoms with Gasteiger partial charge in [-0.15, -0.1) is 11.3 Å². The van der Waals surface area contributed by atoms with Crippen molar-refractivity contribution in [3.63, 3.8) is 0 Å². The molecule has 0 unspecified atom stereocenters. The van der Waals surface area contributed by atoms with Crippen molar-refractivity contribution in [3.8, 4) is 0 Å². The van der Waals surface area contributed by atoms with Crippen molar-refractivity contribution in [2.24, 2.45) is 7.05 Å². The number of aromatic nitrogens is 2. The molecule has 0 saturated heterocycles. The fraction of sp³-hybridized carbons (Fsp3) is 0.294. The van der Waals surface area contributed by atoms with E-state index in [4.69, 9.17) is 10.5 Å². The first-order valence-corrected chi connectivity index (χ1v) is 8.75. The fourth-order valence-electron chi connectivity index (χ4n) is 2.28. The van der Waals surface area contributed by atoms with Gasteiger partial charge in [0.2, 0.25) is 5.78 Å². The van der Waals surface area contributed by atoms with Gasteiger partial charge in [0.1, 0.15) is 11.4 Å². The number of nitrogens with zero attached hydrogens (tertiary/aromatic N) is 2. The second-order valence-corrected chi connectivity index (χ2v) is 6.42. The van der Waals surface area contributed by atoms with Crippen molar-refractivity contribution in [2.75, 3.05) is 12.3 Å². The lowest BCUT2D eigenvalue weighted by Gasteiger charge is -2.13. The molecule has 0 atom stereocenters. The van der Waals surface area contributed by atoms with Gasteiger partial charge < -0.3 is 10.5 Å². The highest BCUT2D eigenvalue weighted by molar-refractivity contribution is 7.10. The molecule has 0 aromatic carbocycles. The molecule has 26 heavy (non-hydrogen) atoms. The second-order valence-electron chi connectivity index (χ2n) is 5.44. The highest BCUT2D eigenvalue weighted by Gasteiger charge is 2.22. The van der Waals surface area contributed by atoms with Gasteiger partial charge in [-0.2, -0.15) is 0 Å². The number of rotatable bonds is 7. The molecule has 0 saturated carbocycles. The second kappa shape index (κ2) is 8.43. The Bertz CT molecular complexity index is 954. The van der Waals surface area contributed by atoms with E-state index in [-0.39, 0.29) is 17.9 Å². The molecule has 2 aromatic heterocycles. The number of ketones is 1. The van der Waals surface area contributed by atoms with Crippen LogP contribution in [-0.4, -0.2) is 27.5 Å². The zero-order valence-electron chi connectivity index (χ0n) is 14.4. The number of hydrogen-bond acceptors (Lipinski definition) is 7. The largest absolute Gasteiger partial charge is 0.454 e. The number of carbonyl (C=O) groups is 2. The van der Waals surface area contributed by atoms with Gasteiger partial charge >= 0.3 is 11.7 Å². The predicted molar refractivity (Wildman–Crippen MR) is 99.3 cm³/mol. The Balaban J connectivity index is 2.18. The number of esters is 1. The summed E-state index contributed by atoms with van der Waals surface area (Å²) in [7, 11) is 1.27. The number of carbonyl (C=O) groups excluding carboxylic acids is 2. The summed E-state index contributed by atoms with van der Waals surface area (Å²) < 4.78 is 6.85. The lowest BCUT2D eigenvalue weighted by atomic mass is 10.2. The first-order chi connectivity index (χ1) is 12.4. The third kappa shape index (κ3) is 4.17. The summed E-state index contributed by atoms with van der Waals surface area (Å²) in [5.74, 6) is -1.69. The standard InChI is InChI=1S/C17H19N3O5S/c1-3-8-20-15(18)14(16(23)19(2)17(20)24)12(21)10-25-13(22)7-6-11-5-4-9-26-11/h4-7,9H,3,8,10,18H2,1-2H3/b7-6+. The predicted octanol–water partition coefficient (Wildman–Crippen LogP) is 1.04. The minimum atomic E-state index is -0.810. The van der Waals surface area contributed by atoms with Crippen LogP contribution in [0.2, 0.25) is 0 Å². The molecule has 138 valence electrons. The molecule has 2 N–H and O–H groups in total. The molecular formula is C17H19N3O5S. The highest BCUT2D eigenvalue weighted by Crippen LogP contribution is 2.10. The van der Waals surface area contributed by atoms with Crippen molar-refractivity contribution in [1.29, 1.82) is 0 Å². The molecule has 2 heterocycles. The molecule has 2 aromatic rings. The van der Waals surface area contributed by atoms with Crippen LogP contribution >= 0.6 is 11.3 Å². The van der Waals surface area contributed by atoms with Crippen molar-refractivity contribution >= 4 is 35.0 Å². The Morgan fingerprint density at radius 2 is 2.08 bits per heavy atom. The minimum Gasteiger partial charge on any atom is -0.454 e. The number of Topliss-reactive ketones (excluding diaryl/α,β-unsaturated/α-hetero) is 1. The van der Waals surface area contributed by atoms with E-state index in [1.54, 1.807) is 6.08 Å². The zero-order valence-corrected chi connectivity index (χ0v) is 15.2. The molecule has 0 fully saturated rings. The Labute approximate surface area is 153 Å². The van der Waals surface area contributed by atoms with E-state index in [1.165, 1.54) is 24.5 Å². The molecule has 0 amide bonds. The Morgan fingerprint density at radius 3 is 2.69 bits per heavy atom.